The Morgan fingerprint density at radius 2 is 0.828 bits per heavy atom. The molecule has 0 saturated carbocycles. The van der Waals surface area contributed by atoms with E-state index in [-0.39, 0.29) is 24.9 Å². The quantitative estimate of drug-likeness (QED) is 0.0321. The predicted octanol–water partition coefficient (Wildman–Crippen LogP) is 17.5. The molecule has 0 aromatic carbocycles. The van der Waals surface area contributed by atoms with Gasteiger partial charge in [-0.05, 0) is 38.2 Å². The van der Waals surface area contributed by atoms with Gasteiger partial charge in [0.15, 0.2) is 0 Å². The highest BCUT2D eigenvalue weighted by atomic mass is 16.5. The molecule has 0 aliphatic heterocycles. The number of carbonyl (C=O) groups excluding carboxylic acids is 2. The van der Waals surface area contributed by atoms with Gasteiger partial charge in [0.25, 0.3) is 0 Å². The smallest absolute Gasteiger partial charge is 0.306 e. The van der Waals surface area contributed by atoms with Crippen molar-refractivity contribution in [2.75, 3.05) is 6.61 Å². The summed E-state index contributed by atoms with van der Waals surface area (Å²) in [4.78, 5) is 26.1. The van der Waals surface area contributed by atoms with E-state index in [4.69, 9.17) is 4.74 Å². The first-order valence-corrected chi connectivity index (χ1v) is 28.6. The molecule has 0 bridgehead atoms. The normalized spacial score (nSPS) is 13.3. The minimum atomic E-state index is -0.807. The number of hydrogen-bond acceptors (Lipinski definition) is 5. The van der Waals surface area contributed by atoms with E-state index in [1.165, 1.54) is 218 Å². The molecule has 0 aliphatic rings. The molecule has 0 spiro atoms. The van der Waals surface area contributed by atoms with Crippen LogP contribution in [0.15, 0.2) is 24.3 Å². The van der Waals surface area contributed by atoms with E-state index >= 15 is 0 Å². The first-order valence-electron chi connectivity index (χ1n) is 28.6. The minimum Gasteiger partial charge on any atom is -0.458 e. The Balaban J connectivity index is 4.47. The highest BCUT2D eigenvalue weighted by Gasteiger charge is 2.23. The topological polar surface area (TPSA) is 95.9 Å². The van der Waals surface area contributed by atoms with Crippen LogP contribution in [0.2, 0.25) is 0 Å². The number of esters is 1. The lowest BCUT2D eigenvalue weighted by Gasteiger charge is -2.23. The van der Waals surface area contributed by atoms with E-state index in [0.29, 0.717) is 12.8 Å². The van der Waals surface area contributed by atoms with Crippen LogP contribution < -0.4 is 5.32 Å². The van der Waals surface area contributed by atoms with Crippen molar-refractivity contribution in [1.82, 2.24) is 5.32 Å². The zero-order valence-electron chi connectivity index (χ0n) is 43.2. The molecule has 378 valence electrons. The highest BCUT2D eigenvalue weighted by Crippen LogP contribution is 2.18. The second-order valence-corrected chi connectivity index (χ2v) is 19.7. The molecule has 3 unspecified atom stereocenters. The number of rotatable bonds is 52. The zero-order chi connectivity index (χ0) is 46.7. The van der Waals surface area contributed by atoms with Gasteiger partial charge in [-0.25, -0.2) is 0 Å². The van der Waals surface area contributed by atoms with Crippen molar-refractivity contribution in [1.29, 1.82) is 0 Å². The molecule has 0 rings (SSSR count). The van der Waals surface area contributed by atoms with E-state index in [0.717, 1.165) is 51.4 Å². The molecule has 0 heterocycles. The lowest BCUT2D eigenvalue weighted by atomic mass is 10.0. The van der Waals surface area contributed by atoms with Gasteiger partial charge in [0.1, 0.15) is 6.10 Å². The van der Waals surface area contributed by atoms with Crippen LogP contribution >= 0.6 is 0 Å². The summed E-state index contributed by atoms with van der Waals surface area (Å²) in [6.07, 6.45) is 61.4. The number of aliphatic hydroxyl groups excluding tert-OH is 2. The van der Waals surface area contributed by atoms with Crippen LogP contribution in [0.25, 0.3) is 0 Å². The van der Waals surface area contributed by atoms with Gasteiger partial charge in [0.05, 0.1) is 25.2 Å². The number of unbranched alkanes of at least 4 members (excludes halogenated alkanes) is 38. The maximum atomic E-state index is 13.2. The average molecular weight is 903 g/mol. The number of nitrogens with one attached hydrogen (secondary N) is 1. The van der Waals surface area contributed by atoms with E-state index in [1.54, 1.807) is 0 Å². The molecule has 0 aliphatic carbocycles. The van der Waals surface area contributed by atoms with Gasteiger partial charge < -0.3 is 20.3 Å². The molecule has 0 fully saturated rings. The Morgan fingerprint density at radius 3 is 1.22 bits per heavy atom. The number of amides is 1. The molecular weight excluding hydrogens is 791 g/mol. The van der Waals surface area contributed by atoms with Crippen LogP contribution in [0.3, 0.4) is 0 Å². The standard InChI is InChI=1S/C58H111NO5/c1-4-7-10-13-16-19-22-24-26-27-28-29-31-33-36-39-42-45-48-51-58(63)64-54(49-46-43-40-37-34-21-18-15-12-9-6-3)52-57(62)59-55(53-60)56(61)50-47-44-41-38-35-32-30-25-23-20-17-14-11-8-5-2/h37,40,46,49,54-56,60-61H,4-36,38-39,41-45,47-48,50-53H2,1-3H3,(H,59,62)/b40-37-,49-46+. The third-order valence-corrected chi connectivity index (χ3v) is 13.3. The van der Waals surface area contributed by atoms with E-state index < -0.39 is 18.2 Å². The van der Waals surface area contributed by atoms with Crippen molar-refractivity contribution >= 4 is 11.9 Å². The number of carbonyl (C=O) groups is 2. The SMILES string of the molecule is CCCCCCCC/C=C\C/C=C/C(CC(=O)NC(CO)C(O)CCCCCCCCCCCCCCCCC)OC(=O)CCCCCCCCCCCCCCCCCCCCC. The molecule has 1 amide bonds. The molecule has 64 heavy (non-hydrogen) atoms. The van der Waals surface area contributed by atoms with Gasteiger partial charge in [-0.2, -0.15) is 0 Å². The van der Waals surface area contributed by atoms with E-state index in [2.05, 4.69) is 38.2 Å². The van der Waals surface area contributed by atoms with Crippen molar-refractivity contribution in [3.05, 3.63) is 24.3 Å². The molecule has 6 heteroatoms. The van der Waals surface area contributed by atoms with Crippen molar-refractivity contribution in [2.24, 2.45) is 0 Å². The largest absolute Gasteiger partial charge is 0.458 e. The Kier molecular flexibility index (Phi) is 51.0. The van der Waals surface area contributed by atoms with Crippen LogP contribution in [-0.2, 0) is 14.3 Å². The van der Waals surface area contributed by atoms with E-state index in [1.807, 2.05) is 12.2 Å². The molecule has 3 N–H and O–H groups in total. The zero-order valence-corrected chi connectivity index (χ0v) is 43.2. The fraction of sp³-hybridized carbons (Fsp3) is 0.897. The van der Waals surface area contributed by atoms with Gasteiger partial charge in [-0.15, -0.1) is 0 Å². The summed E-state index contributed by atoms with van der Waals surface area (Å²) in [6.45, 7) is 6.48. The summed E-state index contributed by atoms with van der Waals surface area (Å²) >= 11 is 0. The third kappa shape index (κ3) is 46.9. The van der Waals surface area contributed by atoms with Gasteiger partial charge in [-0.3, -0.25) is 9.59 Å². The maximum Gasteiger partial charge on any atom is 0.306 e. The van der Waals surface area contributed by atoms with Crippen LogP contribution in [0.1, 0.15) is 310 Å². The third-order valence-electron chi connectivity index (χ3n) is 13.3. The second kappa shape index (κ2) is 52.3. The lowest BCUT2D eigenvalue weighted by molar-refractivity contribution is -0.148. The number of aliphatic hydroxyl groups is 2. The Morgan fingerprint density at radius 1 is 0.469 bits per heavy atom. The van der Waals surface area contributed by atoms with Crippen molar-refractivity contribution in [3.8, 4) is 0 Å². The molecule has 0 aromatic rings. The average Bonchev–Trinajstić information content (AvgIpc) is 3.29. The maximum absolute atomic E-state index is 13.2. The Hall–Kier alpha value is -1.66. The van der Waals surface area contributed by atoms with E-state index in [9.17, 15) is 19.8 Å². The Labute approximate surface area is 399 Å². The number of hydrogen-bond donors (Lipinski definition) is 3. The summed E-state index contributed by atoms with van der Waals surface area (Å²) in [6, 6.07) is -0.728. The van der Waals surface area contributed by atoms with Crippen molar-refractivity contribution < 1.29 is 24.5 Å². The second-order valence-electron chi connectivity index (χ2n) is 19.7. The monoisotopic (exact) mass is 902 g/mol. The molecule has 6 nitrogen and oxygen atoms in total. The fourth-order valence-corrected chi connectivity index (χ4v) is 8.93. The molecular formula is C58H111NO5. The molecule has 3 atom stereocenters. The number of allylic oxidation sites excluding steroid dienone is 3. The van der Waals surface area contributed by atoms with Crippen molar-refractivity contribution in [3.63, 3.8) is 0 Å². The summed E-state index contributed by atoms with van der Waals surface area (Å²) in [5.74, 6) is -0.584. The fourth-order valence-electron chi connectivity index (χ4n) is 8.93. The Bertz CT molecular complexity index is 1010. The molecule has 0 aromatic heterocycles. The summed E-state index contributed by atoms with van der Waals surface area (Å²) < 4.78 is 5.85. The molecule has 0 saturated heterocycles. The summed E-state index contributed by atoms with van der Waals surface area (Å²) in [5, 5.41) is 23.8. The first-order chi connectivity index (χ1) is 31.5. The van der Waals surface area contributed by atoms with Gasteiger partial charge in [-0.1, -0.05) is 283 Å². The highest BCUT2D eigenvalue weighted by molar-refractivity contribution is 5.78. The van der Waals surface area contributed by atoms with Crippen LogP contribution in [-0.4, -0.2) is 46.9 Å². The van der Waals surface area contributed by atoms with Crippen LogP contribution in [0, 0.1) is 0 Å². The van der Waals surface area contributed by atoms with Crippen LogP contribution in [0.5, 0.6) is 0 Å². The summed E-state index contributed by atoms with van der Waals surface area (Å²) in [5.41, 5.74) is 0. The van der Waals surface area contributed by atoms with Crippen LogP contribution in [0.4, 0.5) is 0 Å². The summed E-state index contributed by atoms with van der Waals surface area (Å²) in [7, 11) is 0. The first kappa shape index (κ1) is 62.3. The lowest BCUT2D eigenvalue weighted by Crippen LogP contribution is -2.46. The van der Waals surface area contributed by atoms with Gasteiger partial charge in [0.2, 0.25) is 5.91 Å². The molecule has 0 radical (unpaired) electrons. The minimum absolute atomic E-state index is 0.0227. The van der Waals surface area contributed by atoms with Crippen molar-refractivity contribution in [2.45, 2.75) is 328 Å². The number of ether oxygens (including phenoxy) is 1. The predicted molar refractivity (Wildman–Crippen MR) is 278 cm³/mol. The van der Waals surface area contributed by atoms with Gasteiger partial charge in [0, 0.05) is 6.42 Å². The van der Waals surface area contributed by atoms with Gasteiger partial charge >= 0.3 is 5.97 Å².